The normalized spacial score (nSPS) is 11.8. The number of thioether (sulfide) groups is 1. The predicted octanol–water partition coefficient (Wildman–Crippen LogP) is 1.78. The van der Waals surface area contributed by atoms with Crippen LogP contribution in [-0.4, -0.2) is 36.3 Å². The van der Waals surface area contributed by atoms with E-state index in [1.54, 1.807) is 0 Å². The molecule has 0 aromatic rings. The molecule has 0 amide bonds. The van der Waals surface area contributed by atoms with Gasteiger partial charge in [0.1, 0.15) is 0 Å². The van der Waals surface area contributed by atoms with Gasteiger partial charge in [-0.1, -0.05) is 0 Å². The van der Waals surface area contributed by atoms with E-state index >= 15 is 0 Å². The fourth-order valence-electron chi connectivity index (χ4n) is 0.337. The Morgan fingerprint density at radius 1 is 1.45 bits per heavy atom. The standard InChI is InChI=1S/C7H15NO2S/c1-7(2,8(3)4)11-6(9)10-5/h1-5H3. The first-order chi connectivity index (χ1) is 4.90. The Bertz CT molecular complexity index is 145. The number of carbonyl (C=O) groups is 1. The molecule has 0 rings (SSSR count). The van der Waals surface area contributed by atoms with E-state index in [4.69, 9.17) is 0 Å². The topological polar surface area (TPSA) is 29.5 Å². The van der Waals surface area contributed by atoms with Crippen LogP contribution in [0.1, 0.15) is 13.8 Å². The molecular formula is C7H15NO2S. The van der Waals surface area contributed by atoms with Gasteiger partial charge in [-0.25, -0.2) is 4.79 Å². The molecule has 0 radical (unpaired) electrons. The molecule has 0 saturated carbocycles. The van der Waals surface area contributed by atoms with E-state index in [2.05, 4.69) is 4.74 Å². The van der Waals surface area contributed by atoms with Crippen molar-refractivity contribution in [1.29, 1.82) is 0 Å². The Hall–Kier alpha value is -0.220. The predicted molar refractivity (Wildman–Crippen MR) is 47.8 cm³/mol. The Kier molecular flexibility index (Phi) is 3.89. The van der Waals surface area contributed by atoms with Crippen LogP contribution in [0.25, 0.3) is 0 Å². The van der Waals surface area contributed by atoms with Crippen molar-refractivity contribution in [2.75, 3.05) is 21.2 Å². The van der Waals surface area contributed by atoms with Gasteiger partial charge < -0.3 is 4.74 Å². The number of methoxy groups -OCH3 is 1. The maximum Gasteiger partial charge on any atom is 0.368 e. The van der Waals surface area contributed by atoms with Crippen molar-refractivity contribution in [2.45, 2.75) is 18.7 Å². The van der Waals surface area contributed by atoms with Gasteiger partial charge in [-0.3, -0.25) is 4.90 Å². The minimum Gasteiger partial charge on any atom is -0.461 e. The van der Waals surface area contributed by atoms with Gasteiger partial charge in [-0.05, 0) is 39.7 Å². The minimum absolute atomic E-state index is 0.201. The SMILES string of the molecule is COC(=O)SC(C)(C)N(C)C. The third kappa shape index (κ3) is 3.62. The zero-order valence-corrected chi connectivity index (χ0v) is 8.49. The van der Waals surface area contributed by atoms with Crippen LogP contribution in [-0.2, 0) is 4.74 Å². The van der Waals surface area contributed by atoms with Crippen LogP contribution in [0.5, 0.6) is 0 Å². The molecule has 0 unspecified atom stereocenters. The minimum atomic E-state index is -0.247. The van der Waals surface area contributed by atoms with E-state index in [0.717, 1.165) is 0 Å². The molecule has 0 spiro atoms. The maximum atomic E-state index is 10.8. The first-order valence-electron chi connectivity index (χ1n) is 3.34. The lowest BCUT2D eigenvalue weighted by Gasteiger charge is -2.29. The maximum absolute atomic E-state index is 10.8. The van der Waals surface area contributed by atoms with E-state index in [9.17, 15) is 4.79 Å². The van der Waals surface area contributed by atoms with Crippen molar-refractivity contribution in [3.8, 4) is 0 Å². The molecule has 66 valence electrons. The van der Waals surface area contributed by atoms with E-state index < -0.39 is 0 Å². The fourth-order valence-corrected chi connectivity index (χ4v) is 1.01. The quantitative estimate of drug-likeness (QED) is 0.475. The Balaban J connectivity index is 4.01. The molecule has 0 N–H and O–H groups in total. The van der Waals surface area contributed by atoms with Crippen LogP contribution in [0.4, 0.5) is 4.79 Å². The number of hydrogen-bond acceptors (Lipinski definition) is 4. The second kappa shape index (κ2) is 3.97. The summed E-state index contributed by atoms with van der Waals surface area (Å²) in [5.74, 6) is 0. The Morgan fingerprint density at radius 3 is 2.18 bits per heavy atom. The van der Waals surface area contributed by atoms with E-state index in [1.165, 1.54) is 18.9 Å². The lowest BCUT2D eigenvalue weighted by Crippen LogP contribution is -2.35. The van der Waals surface area contributed by atoms with Crippen LogP contribution in [0.15, 0.2) is 0 Å². The number of ether oxygens (including phenoxy) is 1. The summed E-state index contributed by atoms with van der Waals surface area (Å²) in [6.07, 6.45) is 0. The lowest BCUT2D eigenvalue weighted by molar-refractivity contribution is 0.198. The second-order valence-corrected chi connectivity index (χ2v) is 4.43. The first kappa shape index (κ1) is 10.8. The van der Waals surface area contributed by atoms with E-state index in [0.29, 0.717) is 0 Å². The highest BCUT2D eigenvalue weighted by atomic mass is 32.2. The molecule has 4 heteroatoms. The van der Waals surface area contributed by atoms with Gasteiger partial charge in [-0.2, -0.15) is 0 Å². The molecule has 0 heterocycles. The number of carbonyl (C=O) groups excluding carboxylic acids is 1. The molecule has 0 fully saturated rings. The summed E-state index contributed by atoms with van der Waals surface area (Å²) in [7, 11) is 5.24. The molecule has 11 heavy (non-hydrogen) atoms. The molecular weight excluding hydrogens is 162 g/mol. The van der Waals surface area contributed by atoms with Gasteiger partial charge in [0, 0.05) is 0 Å². The molecule has 0 saturated heterocycles. The highest BCUT2D eigenvalue weighted by molar-refractivity contribution is 8.14. The molecule has 0 aromatic carbocycles. The summed E-state index contributed by atoms with van der Waals surface area (Å²) in [5.41, 5.74) is 0. The molecule has 0 aliphatic rings. The summed E-state index contributed by atoms with van der Waals surface area (Å²) >= 11 is 1.17. The number of nitrogens with zero attached hydrogens (tertiary/aromatic N) is 1. The van der Waals surface area contributed by atoms with E-state index in [-0.39, 0.29) is 10.2 Å². The van der Waals surface area contributed by atoms with Crippen LogP contribution in [0.3, 0.4) is 0 Å². The third-order valence-corrected chi connectivity index (χ3v) is 2.77. The zero-order chi connectivity index (χ0) is 9.07. The lowest BCUT2D eigenvalue weighted by atomic mass is 10.4. The molecule has 3 nitrogen and oxygen atoms in total. The van der Waals surface area contributed by atoms with Gasteiger partial charge in [0.05, 0.1) is 12.0 Å². The molecule has 0 aromatic heterocycles. The summed E-state index contributed by atoms with van der Waals surface area (Å²) < 4.78 is 4.53. The zero-order valence-electron chi connectivity index (χ0n) is 7.67. The molecule has 0 bridgehead atoms. The molecule has 0 aliphatic carbocycles. The van der Waals surface area contributed by atoms with Crippen LogP contribution >= 0.6 is 11.8 Å². The van der Waals surface area contributed by atoms with Crippen molar-refractivity contribution >= 4 is 17.1 Å². The highest BCUT2D eigenvalue weighted by Gasteiger charge is 2.25. The first-order valence-corrected chi connectivity index (χ1v) is 4.16. The summed E-state index contributed by atoms with van der Waals surface area (Å²) in [6, 6.07) is 0. The van der Waals surface area contributed by atoms with E-state index in [1.807, 2.05) is 32.8 Å². The molecule has 0 atom stereocenters. The van der Waals surface area contributed by atoms with Gasteiger partial charge >= 0.3 is 5.30 Å². The van der Waals surface area contributed by atoms with Crippen LogP contribution in [0, 0.1) is 0 Å². The van der Waals surface area contributed by atoms with Crippen LogP contribution < -0.4 is 0 Å². The Morgan fingerprint density at radius 2 is 1.91 bits per heavy atom. The van der Waals surface area contributed by atoms with Crippen molar-refractivity contribution in [3.63, 3.8) is 0 Å². The summed E-state index contributed by atoms with van der Waals surface area (Å²) in [6.45, 7) is 3.93. The third-order valence-electron chi connectivity index (χ3n) is 1.58. The van der Waals surface area contributed by atoms with Crippen LogP contribution in [0.2, 0.25) is 0 Å². The largest absolute Gasteiger partial charge is 0.461 e. The second-order valence-electron chi connectivity index (χ2n) is 2.90. The number of rotatable bonds is 2. The smallest absolute Gasteiger partial charge is 0.368 e. The summed E-state index contributed by atoms with van der Waals surface area (Å²) in [4.78, 5) is 12.6. The number of hydrogen-bond donors (Lipinski definition) is 0. The van der Waals surface area contributed by atoms with Crippen molar-refractivity contribution in [1.82, 2.24) is 4.90 Å². The monoisotopic (exact) mass is 177 g/mol. The Labute approximate surface area is 72.1 Å². The molecule has 0 aliphatic heterocycles. The van der Waals surface area contributed by atoms with Crippen molar-refractivity contribution in [3.05, 3.63) is 0 Å². The fraction of sp³-hybridized carbons (Fsp3) is 0.857. The van der Waals surface area contributed by atoms with Crippen molar-refractivity contribution in [2.24, 2.45) is 0 Å². The van der Waals surface area contributed by atoms with Gasteiger partial charge in [0.15, 0.2) is 0 Å². The van der Waals surface area contributed by atoms with Gasteiger partial charge in [-0.15, -0.1) is 0 Å². The average molecular weight is 177 g/mol. The van der Waals surface area contributed by atoms with Gasteiger partial charge in [0.25, 0.3) is 0 Å². The highest BCUT2D eigenvalue weighted by Crippen LogP contribution is 2.27. The van der Waals surface area contributed by atoms with Crippen molar-refractivity contribution < 1.29 is 9.53 Å². The average Bonchev–Trinajstić information content (AvgIpc) is 1.86. The summed E-state index contributed by atoms with van der Waals surface area (Å²) in [5, 5.41) is -0.247. The van der Waals surface area contributed by atoms with Gasteiger partial charge in [0.2, 0.25) is 0 Å².